The highest BCUT2D eigenvalue weighted by Gasteiger charge is 2.30. The minimum absolute atomic E-state index is 0.0323. The number of halogens is 5. The topological polar surface area (TPSA) is 86.1 Å². The van der Waals surface area contributed by atoms with Gasteiger partial charge in [-0.1, -0.05) is 5.10 Å². The molecule has 13 heteroatoms. The first-order valence-corrected chi connectivity index (χ1v) is 9.02. The van der Waals surface area contributed by atoms with Gasteiger partial charge in [0.05, 0.1) is 10.9 Å². The summed E-state index contributed by atoms with van der Waals surface area (Å²) in [5.74, 6) is -2.19. The van der Waals surface area contributed by atoms with Gasteiger partial charge < -0.3 is 4.74 Å². The number of alkyl halides is 3. The fourth-order valence-corrected chi connectivity index (χ4v) is 3.45. The zero-order valence-electron chi connectivity index (χ0n) is 14.1. The zero-order valence-corrected chi connectivity index (χ0v) is 14.9. The monoisotopic (exact) mass is 414 g/mol. The van der Waals surface area contributed by atoms with Crippen molar-refractivity contribution >= 4 is 10.0 Å². The van der Waals surface area contributed by atoms with Crippen molar-refractivity contribution in [3.05, 3.63) is 35.7 Å². The van der Waals surface area contributed by atoms with Crippen molar-refractivity contribution < 1.29 is 35.1 Å². The van der Waals surface area contributed by atoms with Crippen LogP contribution in [0.2, 0.25) is 0 Å². The van der Waals surface area contributed by atoms with Gasteiger partial charge in [-0.05, 0) is 26.0 Å². The average Bonchev–Trinajstić information content (AvgIpc) is 2.94. The lowest BCUT2D eigenvalue weighted by molar-refractivity contribution is -0.155. The maximum absolute atomic E-state index is 13.3. The Morgan fingerprint density at radius 1 is 1.19 bits per heavy atom. The molecule has 1 atom stereocenters. The summed E-state index contributed by atoms with van der Waals surface area (Å²) in [6.07, 6.45) is -4.58. The summed E-state index contributed by atoms with van der Waals surface area (Å²) in [6.45, 7) is 1.41. The lowest BCUT2D eigenvalue weighted by Gasteiger charge is -2.16. The molecule has 1 aromatic heterocycles. The van der Waals surface area contributed by atoms with Gasteiger partial charge in [0.15, 0.2) is 12.4 Å². The predicted octanol–water partition coefficient (Wildman–Crippen LogP) is 2.56. The molecule has 0 bridgehead atoms. The minimum atomic E-state index is -4.58. The van der Waals surface area contributed by atoms with E-state index in [4.69, 9.17) is 0 Å². The van der Waals surface area contributed by atoms with E-state index in [1.165, 1.54) is 6.92 Å². The largest absolute Gasteiger partial charge is 0.454 e. The highest BCUT2D eigenvalue weighted by Crippen LogP contribution is 2.22. The van der Waals surface area contributed by atoms with Crippen molar-refractivity contribution in [1.82, 2.24) is 19.5 Å². The Hall–Kier alpha value is -2.28. The number of nitrogens with zero attached hydrogens (tertiary/aromatic N) is 3. The molecule has 7 nitrogen and oxygen atoms in total. The van der Waals surface area contributed by atoms with Crippen molar-refractivity contribution in [3.63, 3.8) is 0 Å². The van der Waals surface area contributed by atoms with E-state index in [-0.39, 0.29) is 12.4 Å². The molecule has 0 saturated heterocycles. The van der Waals surface area contributed by atoms with E-state index in [9.17, 15) is 30.4 Å². The molecule has 0 saturated carbocycles. The first-order chi connectivity index (χ1) is 12.4. The van der Waals surface area contributed by atoms with Gasteiger partial charge in [-0.25, -0.2) is 21.9 Å². The average molecular weight is 414 g/mol. The summed E-state index contributed by atoms with van der Waals surface area (Å²) in [4.78, 5) is -0.650. The number of hydrogen-bond donors (Lipinski definition) is 1. The van der Waals surface area contributed by atoms with Crippen LogP contribution in [0.3, 0.4) is 0 Å². The summed E-state index contributed by atoms with van der Waals surface area (Å²) in [5.41, 5.74) is 0. The van der Waals surface area contributed by atoms with Gasteiger partial charge in [0.1, 0.15) is 11.6 Å². The number of ether oxygens (including phenoxy) is 1. The van der Waals surface area contributed by atoms with Crippen molar-refractivity contribution in [2.75, 3.05) is 6.61 Å². The second-order valence-corrected chi connectivity index (χ2v) is 7.15. The molecule has 0 unspecified atom stereocenters. The Labute approximate surface area is 151 Å². The highest BCUT2D eigenvalue weighted by atomic mass is 32.2. The van der Waals surface area contributed by atoms with Gasteiger partial charge in [-0.2, -0.15) is 13.2 Å². The number of hydrogen-bond acceptors (Lipinski definition) is 5. The van der Waals surface area contributed by atoms with E-state index in [0.717, 1.165) is 4.57 Å². The Balaban J connectivity index is 2.24. The molecular weight excluding hydrogens is 399 g/mol. The van der Waals surface area contributed by atoms with E-state index in [0.29, 0.717) is 18.2 Å². The third-order valence-corrected chi connectivity index (χ3v) is 4.81. The fraction of sp³-hybridized carbons (Fsp3) is 0.429. The predicted molar refractivity (Wildman–Crippen MR) is 82.3 cm³/mol. The van der Waals surface area contributed by atoms with Crippen molar-refractivity contribution in [3.8, 4) is 6.01 Å². The minimum Gasteiger partial charge on any atom is -0.454 e. The quantitative estimate of drug-likeness (QED) is 0.704. The van der Waals surface area contributed by atoms with Crippen LogP contribution in [-0.2, 0) is 16.6 Å². The summed E-state index contributed by atoms with van der Waals surface area (Å²) in [5, 5.41) is 7.12. The van der Waals surface area contributed by atoms with Gasteiger partial charge in [-0.15, -0.1) is 5.10 Å². The van der Waals surface area contributed by atoms with Gasteiger partial charge in [0.25, 0.3) is 0 Å². The Kier molecular flexibility index (Phi) is 6.04. The Bertz CT molecular complexity index is 894. The fourth-order valence-electron chi connectivity index (χ4n) is 2.21. The maximum Gasteiger partial charge on any atom is 0.422 e. The number of benzene rings is 1. The van der Waals surface area contributed by atoms with E-state index in [1.54, 1.807) is 6.92 Å². The number of nitrogens with one attached hydrogen (secondary N) is 1. The van der Waals surface area contributed by atoms with Crippen LogP contribution in [-0.4, -0.2) is 36.0 Å². The maximum atomic E-state index is 13.3. The molecular formula is C14H15F5N4O3S. The third-order valence-electron chi connectivity index (χ3n) is 3.29. The van der Waals surface area contributed by atoms with Crippen LogP contribution in [0, 0.1) is 11.6 Å². The third kappa shape index (κ3) is 5.35. The molecule has 0 fully saturated rings. The summed E-state index contributed by atoms with van der Waals surface area (Å²) >= 11 is 0. The Morgan fingerprint density at radius 3 is 2.30 bits per heavy atom. The van der Waals surface area contributed by atoms with Crippen LogP contribution in [0.25, 0.3) is 0 Å². The molecule has 1 aromatic carbocycles. The molecule has 150 valence electrons. The summed E-state index contributed by atoms with van der Waals surface area (Å²) in [7, 11) is -4.34. The second kappa shape index (κ2) is 7.76. The summed E-state index contributed by atoms with van der Waals surface area (Å²) < 4.78 is 95.8. The zero-order chi connectivity index (χ0) is 20.4. The molecule has 0 spiro atoms. The molecule has 1 N–H and O–H groups in total. The summed E-state index contributed by atoms with van der Waals surface area (Å²) in [6, 6.07) is 0.256. The van der Waals surface area contributed by atoms with Gasteiger partial charge >= 0.3 is 12.2 Å². The lowest BCUT2D eigenvalue weighted by Crippen LogP contribution is -2.29. The molecule has 0 aliphatic carbocycles. The molecule has 2 aromatic rings. The van der Waals surface area contributed by atoms with E-state index in [2.05, 4.69) is 19.7 Å². The highest BCUT2D eigenvalue weighted by molar-refractivity contribution is 7.89. The van der Waals surface area contributed by atoms with E-state index >= 15 is 0 Å². The molecule has 1 heterocycles. The van der Waals surface area contributed by atoms with E-state index < -0.39 is 51.4 Å². The normalized spacial score (nSPS) is 13.6. The standard InChI is InChI=1S/C14H15F5N4O3S/c1-3-23-12(20-21-13(23)26-7-14(17,18)19)8(2)22-27(24,25)11-5-9(15)4-10(16)6-11/h4-6,8,22H,3,7H2,1-2H3/t8-/m1/s1. The second-order valence-electron chi connectivity index (χ2n) is 5.44. The molecule has 0 radical (unpaired) electrons. The molecule has 0 amide bonds. The molecule has 27 heavy (non-hydrogen) atoms. The van der Waals surface area contributed by atoms with Crippen LogP contribution in [0.4, 0.5) is 22.0 Å². The molecule has 0 aliphatic rings. The first kappa shape index (κ1) is 21.0. The van der Waals surface area contributed by atoms with Gasteiger partial charge in [0, 0.05) is 12.6 Å². The van der Waals surface area contributed by atoms with Crippen LogP contribution in [0.1, 0.15) is 25.7 Å². The number of aromatic nitrogens is 3. The number of sulfonamides is 1. The molecule has 0 aliphatic heterocycles. The van der Waals surface area contributed by atoms with Crippen LogP contribution >= 0.6 is 0 Å². The van der Waals surface area contributed by atoms with Gasteiger partial charge in [0.2, 0.25) is 10.0 Å². The SMILES string of the molecule is CCn1c(OCC(F)(F)F)nnc1[C@@H](C)NS(=O)(=O)c1cc(F)cc(F)c1. The van der Waals surface area contributed by atoms with Crippen molar-refractivity contribution in [2.45, 2.75) is 37.5 Å². The van der Waals surface area contributed by atoms with E-state index in [1.807, 2.05) is 0 Å². The van der Waals surface area contributed by atoms with Crippen LogP contribution in [0.5, 0.6) is 6.01 Å². The van der Waals surface area contributed by atoms with Crippen molar-refractivity contribution in [2.24, 2.45) is 0 Å². The first-order valence-electron chi connectivity index (χ1n) is 7.54. The lowest BCUT2D eigenvalue weighted by atomic mass is 10.3. The smallest absolute Gasteiger partial charge is 0.422 e. The van der Waals surface area contributed by atoms with Gasteiger partial charge in [-0.3, -0.25) is 4.57 Å². The number of rotatable bonds is 7. The Morgan fingerprint density at radius 2 is 1.78 bits per heavy atom. The van der Waals surface area contributed by atoms with Crippen LogP contribution in [0.15, 0.2) is 23.1 Å². The van der Waals surface area contributed by atoms with Crippen molar-refractivity contribution in [1.29, 1.82) is 0 Å². The van der Waals surface area contributed by atoms with Crippen LogP contribution < -0.4 is 9.46 Å². The molecule has 2 rings (SSSR count).